The average molecular weight is 373 g/mol. The van der Waals surface area contributed by atoms with Gasteiger partial charge in [0.05, 0.1) is 7.11 Å². The molecule has 144 valence electrons. The number of rotatable bonds is 6. The van der Waals surface area contributed by atoms with Crippen molar-refractivity contribution in [3.8, 4) is 5.75 Å². The molecule has 2 aromatic heterocycles. The highest BCUT2D eigenvalue weighted by Gasteiger charge is 2.24. The van der Waals surface area contributed by atoms with E-state index < -0.39 is 0 Å². The Morgan fingerprint density at radius 1 is 0.964 bits per heavy atom. The van der Waals surface area contributed by atoms with Crippen LogP contribution in [0.4, 0.5) is 0 Å². The summed E-state index contributed by atoms with van der Waals surface area (Å²) in [5.41, 5.74) is 5.00. The molecule has 0 radical (unpaired) electrons. The molecule has 1 saturated heterocycles. The first-order valence-electron chi connectivity index (χ1n) is 10.0. The second-order valence-corrected chi connectivity index (χ2v) is 7.45. The summed E-state index contributed by atoms with van der Waals surface area (Å²) in [7, 11) is 1.69. The molecule has 28 heavy (non-hydrogen) atoms. The fourth-order valence-corrected chi connectivity index (χ4v) is 3.97. The molecule has 1 unspecified atom stereocenters. The average Bonchev–Trinajstić information content (AvgIpc) is 2.76. The van der Waals surface area contributed by atoms with Gasteiger partial charge in [0.1, 0.15) is 5.75 Å². The van der Waals surface area contributed by atoms with Gasteiger partial charge < -0.3 is 4.74 Å². The zero-order valence-corrected chi connectivity index (χ0v) is 16.4. The summed E-state index contributed by atoms with van der Waals surface area (Å²) in [6, 6.07) is 17.3. The summed E-state index contributed by atoms with van der Waals surface area (Å²) < 4.78 is 5.23. The highest BCUT2D eigenvalue weighted by molar-refractivity contribution is 5.30. The van der Waals surface area contributed by atoms with Gasteiger partial charge in [0.2, 0.25) is 0 Å². The first kappa shape index (κ1) is 18.6. The van der Waals surface area contributed by atoms with E-state index in [4.69, 9.17) is 9.72 Å². The van der Waals surface area contributed by atoms with Gasteiger partial charge >= 0.3 is 0 Å². The lowest BCUT2D eigenvalue weighted by Crippen LogP contribution is -2.33. The Hall–Kier alpha value is -2.72. The van der Waals surface area contributed by atoms with Crippen LogP contribution in [-0.2, 0) is 13.0 Å². The molecule has 1 aliphatic heterocycles. The maximum atomic E-state index is 5.23. The number of hydrogen-bond donors (Lipinski definition) is 0. The normalized spacial score (nSPS) is 17.4. The van der Waals surface area contributed by atoms with Crippen LogP contribution in [0.3, 0.4) is 0 Å². The van der Waals surface area contributed by atoms with E-state index in [2.05, 4.69) is 52.5 Å². The largest absolute Gasteiger partial charge is 0.497 e. The van der Waals surface area contributed by atoms with Crippen molar-refractivity contribution in [1.29, 1.82) is 0 Å². The van der Waals surface area contributed by atoms with Crippen LogP contribution in [0.25, 0.3) is 0 Å². The van der Waals surface area contributed by atoms with Crippen molar-refractivity contribution in [1.82, 2.24) is 14.9 Å². The Morgan fingerprint density at radius 2 is 1.79 bits per heavy atom. The topological polar surface area (TPSA) is 38.2 Å². The zero-order valence-electron chi connectivity index (χ0n) is 16.4. The first-order chi connectivity index (χ1) is 13.8. The van der Waals surface area contributed by atoms with Gasteiger partial charge in [0, 0.05) is 43.3 Å². The van der Waals surface area contributed by atoms with Gasteiger partial charge in [-0.05, 0) is 66.4 Å². The van der Waals surface area contributed by atoms with Crippen molar-refractivity contribution in [2.45, 2.75) is 38.3 Å². The Labute approximate surface area is 167 Å². The Bertz CT molecular complexity index is 863. The van der Waals surface area contributed by atoms with Gasteiger partial charge in [-0.1, -0.05) is 24.6 Å². The maximum Gasteiger partial charge on any atom is 0.118 e. The molecule has 0 amide bonds. The van der Waals surface area contributed by atoms with Crippen LogP contribution in [0.1, 0.15) is 47.7 Å². The third-order valence-corrected chi connectivity index (χ3v) is 5.53. The fourth-order valence-electron chi connectivity index (χ4n) is 3.97. The number of methoxy groups -OCH3 is 1. The molecule has 0 aliphatic carbocycles. The summed E-state index contributed by atoms with van der Waals surface area (Å²) in [5, 5.41) is 0. The Morgan fingerprint density at radius 3 is 2.50 bits per heavy atom. The van der Waals surface area contributed by atoms with Crippen molar-refractivity contribution < 1.29 is 4.74 Å². The van der Waals surface area contributed by atoms with E-state index in [1.54, 1.807) is 7.11 Å². The molecule has 0 spiro atoms. The molecule has 3 aromatic rings. The summed E-state index contributed by atoms with van der Waals surface area (Å²) in [6.07, 6.45) is 10.4. The molecule has 1 fully saturated rings. The van der Waals surface area contributed by atoms with E-state index in [1.165, 1.54) is 36.0 Å². The lowest BCUT2D eigenvalue weighted by Gasteiger charge is -2.36. The predicted octanol–water partition coefficient (Wildman–Crippen LogP) is 4.80. The summed E-state index contributed by atoms with van der Waals surface area (Å²) in [6.45, 7) is 2.11. The Kier molecular flexibility index (Phi) is 5.98. The highest BCUT2D eigenvalue weighted by Crippen LogP contribution is 2.32. The van der Waals surface area contributed by atoms with Crippen molar-refractivity contribution in [2.75, 3.05) is 13.7 Å². The molecule has 1 aliphatic rings. The van der Waals surface area contributed by atoms with Crippen molar-refractivity contribution in [3.63, 3.8) is 0 Å². The lowest BCUT2D eigenvalue weighted by atomic mass is 9.95. The molecular weight excluding hydrogens is 346 g/mol. The maximum absolute atomic E-state index is 5.23. The van der Waals surface area contributed by atoms with Gasteiger partial charge in [0.25, 0.3) is 0 Å². The molecule has 4 nitrogen and oxygen atoms in total. The van der Waals surface area contributed by atoms with Crippen LogP contribution < -0.4 is 4.74 Å². The summed E-state index contributed by atoms with van der Waals surface area (Å²) in [5.74, 6) is 0.888. The van der Waals surface area contributed by atoms with Gasteiger partial charge in [-0.3, -0.25) is 14.9 Å². The fraction of sp³-hybridized carbons (Fsp3) is 0.333. The molecule has 1 atom stereocenters. The number of likely N-dealkylation sites (tertiary alicyclic amines) is 1. The standard InChI is InChI=1S/C24H27N3O/c1-28-23-9-5-19(6-10-23)16-22-8-7-21(17-26-22)24-4-2-3-15-27(24)18-20-11-13-25-14-12-20/h5-14,17,24H,2-4,15-16,18H2,1H3. The minimum atomic E-state index is 0.449. The minimum Gasteiger partial charge on any atom is -0.497 e. The van der Waals surface area contributed by atoms with Gasteiger partial charge in [-0.25, -0.2) is 0 Å². The van der Waals surface area contributed by atoms with Gasteiger partial charge in [0.15, 0.2) is 0 Å². The third kappa shape index (κ3) is 4.57. The molecule has 1 aromatic carbocycles. The first-order valence-corrected chi connectivity index (χ1v) is 10.0. The van der Waals surface area contributed by atoms with Crippen LogP contribution in [0, 0.1) is 0 Å². The number of hydrogen-bond acceptors (Lipinski definition) is 4. The van der Waals surface area contributed by atoms with Crippen molar-refractivity contribution >= 4 is 0 Å². The molecule has 3 heterocycles. The molecule has 0 saturated carbocycles. The number of benzene rings is 1. The van der Waals surface area contributed by atoms with Gasteiger partial charge in [-0.2, -0.15) is 0 Å². The van der Waals surface area contributed by atoms with Crippen LogP contribution in [0.5, 0.6) is 5.75 Å². The molecule has 4 heteroatoms. The number of nitrogens with zero attached hydrogens (tertiary/aromatic N) is 3. The number of aromatic nitrogens is 2. The van der Waals surface area contributed by atoms with E-state index in [0.29, 0.717) is 6.04 Å². The van der Waals surface area contributed by atoms with Crippen LogP contribution in [-0.4, -0.2) is 28.5 Å². The quantitative estimate of drug-likeness (QED) is 0.622. The molecule has 4 rings (SSSR count). The van der Waals surface area contributed by atoms with E-state index in [0.717, 1.165) is 31.0 Å². The van der Waals surface area contributed by atoms with E-state index >= 15 is 0 Å². The van der Waals surface area contributed by atoms with Gasteiger partial charge in [-0.15, -0.1) is 0 Å². The minimum absolute atomic E-state index is 0.449. The predicted molar refractivity (Wildman–Crippen MR) is 111 cm³/mol. The highest BCUT2D eigenvalue weighted by atomic mass is 16.5. The molecule has 0 N–H and O–H groups in total. The number of pyridine rings is 2. The van der Waals surface area contributed by atoms with Crippen LogP contribution in [0.15, 0.2) is 67.1 Å². The third-order valence-electron chi connectivity index (χ3n) is 5.53. The zero-order chi connectivity index (χ0) is 19.2. The SMILES string of the molecule is COc1ccc(Cc2ccc(C3CCCCN3Cc3ccncc3)cn2)cc1. The molecular formula is C24H27N3O. The van der Waals surface area contributed by atoms with Crippen molar-refractivity contribution in [3.05, 3.63) is 89.5 Å². The van der Waals surface area contributed by atoms with Crippen molar-refractivity contribution in [2.24, 2.45) is 0 Å². The van der Waals surface area contributed by atoms with E-state index in [-0.39, 0.29) is 0 Å². The second-order valence-electron chi connectivity index (χ2n) is 7.45. The van der Waals surface area contributed by atoms with E-state index in [9.17, 15) is 0 Å². The lowest BCUT2D eigenvalue weighted by molar-refractivity contribution is 0.140. The number of ether oxygens (including phenoxy) is 1. The van der Waals surface area contributed by atoms with Crippen LogP contribution in [0.2, 0.25) is 0 Å². The second kappa shape index (κ2) is 8.98. The monoisotopic (exact) mass is 373 g/mol. The smallest absolute Gasteiger partial charge is 0.118 e. The van der Waals surface area contributed by atoms with E-state index in [1.807, 2.05) is 24.5 Å². The van der Waals surface area contributed by atoms with Crippen LogP contribution >= 0.6 is 0 Å². The number of piperidine rings is 1. The summed E-state index contributed by atoms with van der Waals surface area (Å²) in [4.78, 5) is 11.5. The molecule has 0 bridgehead atoms. The Balaban J connectivity index is 1.45. The summed E-state index contributed by atoms with van der Waals surface area (Å²) >= 11 is 0.